The second kappa shape index (κ2) is 4.86. The zero-order chi connectivity index (χ0) is 9.86. The van der Waals surface area contributed by atoms with E-state index in [1.165, 1.54) is 43.7 Å². The van der Waals surface area contributed by atoms with Gasteiger partial charge in [-0.2, -0.15) is 11.8 Å². The summed E-state index contributed by atoms with van der Waals surface area (Å²) in [6.45, 7) is 2.09. The minimum absolute atomic E-state index is 0.322. The van der Waals surface area contributed by atoms with Gasteiger partial charge in [-0.1, -0.05) is 0 Å². The smallest absolute Gasteiger partial charge is 0.0647 e. The number of nitrogens with one attached hydrogen (secondary N) is 1. The second-order valence-corrected chi connectivity index (χ2v) is 5.68. The minimum Gasteiger partial charge on any atom is -0.383 e. The van der Waals surface area contributed by atoms with Crippen molar-refractivity contribution in [1.29, 1.82) is 0 Å². The van der Waals surface area contributed by atoms with Crippen LogP contribution in [0.1, 0.15) is 25.7 Å². The number of rotatable bonds is 3. The topological polar surface area (TPSA) is 21.3 Å². The Kier molecular flexibility index (Phi) is 3.74. The molecule has 2 aliphatic rings. The van der Waals surface area contributed by atoms with E-state index in [9.17, 15) is 0 Å². The molecule has 2 fully saturated rings. The number of hydrogen-bond acceptors (Lipinski definition) is 3. The number of hydrogen-bond donors (Lipinski definition) is 1. The third kappa shape index (κ3) is 2.10. The molecule has 0 bridgehead atoms. The quantitative estimate of drug-likeness (QED) is 0.777. The van der Waals surface area contributed by atoms with Gasteiger partial charge < -0.3 is 10.1 Å². The van der Waals surface area contributed by atoms with Gasteiger partial charge >= 0.3 is 0 Å². The fraction of sp³-hybridized carbons (Fsp3) is 1.00. The van der Waals surface area contributed by atoms with E-state index in [1.807, 2.05) is 7.11 Å². The standard InChI is InChI=1S/C11H21NOS/c1-13-9-11(5-3-6-12-11)10-4-2-7-14-8-10/h10,12H,2-9H2,1H3. The van der Waals surface area contributed by atoms with Crippen molar-refractivity contribution in [3.63, 3.8) is 0 Å². The van der Waals surface area contributed by atoms with E-state index in [2.05, 4.69) is 17.1 Å². The summed E-state index contributed by atoms with van der Waals surface area (Å²) in [7, 11) is 1.83. The summed E-state index contributed by atoms with van der Waals surface area (Å²) in [5.74, 6) is 3.53. The Bertz CT molecular complexity index is 174. The van der Waals surface area contributed by atoms with E-state index in [-0.39, 0.29) is 0 Å². The molecule has 0 saturated carbocycles. The molecule has 2 saturated heterocycles. The number of methoxy groups -OCH3 is 1. The van der Waals surface area contributed by atoms with Crippen LogP contribution in [0.3, 0.4) is 0 Å². The molecule has 2 atom stereocenters. The van der Waals surface area contributed by atoms with Crippen molar-refractivity contribution in [1.82, 2.24) is 5.32 Å². The lowest BCUT2D eigenvalue weighted by Gasteiger charge is -2.39. The molecule has 2 rings (SSSR count). The number of ether oxygens (including phenoxy) is 1. The fourth-order valence-electron chi connectivity index (χ4n) is 2.85. The van der Waals surface area contributed by atoms with E-state index in [1.54, 1.807) is 0 Å². The van der Waals surface area contributed by atoms with Crippen LogP contribution in [0.25, 0.3) is 0 Å². The highest BCUT2D eigenvalue weighted by atomic mass is 32.2. The Morgan fingerprint density at radius 1 is 1.50 bits per heavy atom. The maximum Gasteiger partial charge on any atom is 0.0647 e. The summed E-state index contributed by atoms with van der Waals surface area (Å²) < 4.78 is 5.41. The molecule has 14 heavy (non-hydrogen) atoms. The molecule has 0 amide bonds. The molecule has 2 aliphatic heterocycles. The van der Waals surface area contributed by atoms with Gasteiger partial charge in [0.25, 0.3) is 0 Å². The Balaban J connectivity index is 2.00. The highest BCUT2D eigenvalue weighted by Gasteiger charge is 2.41. The van der Waals surface area contributed by atoms with Crippen molar-refractivity contribution >= 4 is 11.8 Å². The summed E-state index contributed by atoms with van der Waals surface area (Å²) in [6.07, 6.45) is 5.42. The molecule has 1 N–H and O–H groups in total. The lowest BCUT2D eigenvalue weighted by atomic mass is 9.81. The van der Waals surface area contributed by atoms with Gasteiger partial charge in [0.2, 0.25) is 0 Å². The highest BCUT2D eigenvalue weighted by Crippen LogP contribution is 2.36. The first-order chi connectivity index (χ1) is 6.87. The first kappa shape index (κ1) is 10.8. The van der Waals surface area contributed by atoms with Gasteiger partial charge in [-0.3, -0.25) is 0 Å². The third-order valence-electron chi connectivity index (χ3n) is 3.62. The summed E-state index contributed by atoms with van der Waals surface area (Å²) in [6, 6.07) is 0. The zero-order valence-electron chi connectivity index (χ0n) is 9.05. The van der Waals surface area contributed by atoms with Crippen LogP contribution in [0.5, 0.6) is 0 Å². The van der Waals surface area contributed by atoms with Crippen LogP contribution in [0.2, 0.25) is 0 Å². The zero-order valence-corrected chi connectivity index (χ0v) is 9.87. The van der Waals surface area contributed by atoms with Crippen molar-refractivity contribution in [2.24, 2.45) is 5.92 Å². The first-order valence-corrected chi connectivity index (χ1v) is 6.84. The molecule has 0 aliphatic carbocycles. The normalized spacial score (nSPS) is 38.8. The molecule has 0 aromatic rings. The molecule has 82 valence electrons. The van der Waals surface area contributed by atoms with E-state index < -0.39 is 0 Å². The summed E-state index contributed by atoms with van der Waals surface area (Å²) in [5, 5.41) is 3.70. The van der Waals surface area contributed by atoms with Crippen molar-refractivity contribution in [3.05, 3.63) is 0 Å². The predicted molar refractivity (Wildman–Crippen MR) is 61.9 cm³/mol. The van der Waals surface area contributed by atoms with Gasteiger partial charge in [0.05, 0.1) is 6.61 Å². The van der Waals surface area contributed by atoms with Gasteiger partial charge in [-0.25, -0.2) is 0 Å². The highest BCUT2D eigenvalue weighted by molar-refractivity contribution is 7.99. The Morgan fingerprint density at radius 2 is 2.43 bits per heavy atom. The second-order valence-electron chi connectivity index (χ2n) is 4.53. The molecule has 2 heterocycles. The lowest BCUT2D eigenvalue weighted by molar-refractivity contribution is 0.0833. The van der Waals surface area contributed by atoms with E-state index in [0.717, 1.165) is 12.5 Å². The van der Waals surface area contributed by atoms with Crippen LogP contribution in [-0.4, -0.2) is 37.3 Å². The Morgan fingerprint density at radius 3 is 3.00 bits per heavy atom. The monoisotopic (exact) mass is 215 g/mol. The minimum atomic E-state index is 0.322. The van der Waals surface area contributed by atoms with Crippen molar-refractivity contribution in [3.8, 4) is 0 Å². The number of thioether (sulfide) groups is 1. The SMILES string of the molecule is COCC1(C2CCCSC2)CCCN1. The summed E-state index contributed by atoms with van der Waals surface area (Å²) in [5.41, 5.74) is 0.322. The lowest BCUT2D eigenvalue weighted by Crippen LogP contribution is -2.52. The predicted octanol–water partition coefficient (Wildman–Crippen LogP) is 1.90. The van der Waals surface area contributed by atoms with Crippen LogP contribution >= 0.6 is 11.8 Å². The van der Waals surface area contributed by atoms with E-state index >= 15 is 0 Å². The Labute approximate surface area is 91.2 Å². The van der Waals surface area contributed by atoms with Crippen LogP contribution < -0.4 is 5.32 Å². The molecule has 3 heteroatoms. The fourth-order valence-corrected chi connectivity index (χ4v) is 4.16. The Hall–Kier alpha value is 0.270. The van der Waals surface area contributed by atoms with Crippen molar-refractivity contribution < 1.29 is 4.74 Å². The summed E-state index contributed by atoms with van der Waals surface area (Å²) >= 11 is 2.12. The van der Waals surface area contributed by atoms with Crippen LogP contribution in [0.4, 0.5) is 0 Å². The van der Waals surface area contributed by atoms with E-state index in [4.69, 9.17) is 4.74 Å². The molecule has 2 nitrogen and oxygen atoms in total. The largest absolute Gasteiger partial charge is 0.383 e. The molecular weight excluding hydrogens is 194 g/mol. The maximum atomic E-state index is 5.41. The van der Waals surface area contributed by atoms with Gasteiger partial charge in [-0.05, 0) is 49.7 Å². The average Bonchev–Trinajstić information content (AvgIpc) is 2.70. The van der Waals surface area contributed by atoms with Gasteiger partial charge in [0, 0.05) is 12.6 Å². The first-order valence-electron chi connectivity index (χ1n) is 5.69. The van der Waals surface area contributed by atoms with Gasteiger partial charge in [0.15, 0.2) is 0 Å². The third-order valence-corrected chi connectivity index (χ3v) is 4.84. The summed E-state index contributed by atoms with van der Waals surface area (Å²) in [4.78, 5) is 0. The molecule has 2 unspecified atom stereocenters. The van der Waals surface area contributed by atoms with Gasteiger partial charge in [-0.15, -0.1) is 0 Å². The van der Waals surface area contributed by atoms with Gasteiger partial charge in [0.1, 0.15) is 0 Å². The van der Waals surface area contributed by atoms with E-state index in [0.29, 0.717) is 5.54 Å². The molecule has 0 spiro atoms. The molecule has 0 radical (unpaired) electrons. The van der Waals surface area contributed by atoms with Crippen molar-refractivity contribution in [2.45, 2.75) is 31.2 Å². The van der Waals surface area contributed by atoms with Crippen LogP contribution in [-0.2, 0) is 4.74 Å². The van der Waals surface area contributed by atoms with Crippen molar-refractivity contribution in [2.75, 3.05) is 31.8 Å². The molecule has 0 aromatic heterocycles. The average molecular weight is 215 g/mol. The van der Waals surface area contributed by atoms with Crippen LogP contribution in [0, 0.1) is 5.92 Å². The van der Waals surface area contributed by atoms with Crippen LogP contribution in [0.15, 0.2) is 0 Å². The molecular formula is C11H21NOS. The maximum absolute atomic E-state index is 5.41. The molecule has 0 aromatic carbocycles.